The Morgan fingerprint density at radius 3 is 2.66 bits per heavy atom. The van der Waals surface area contributed by atoms with E-state index in [1.165, 1.54) is 0 Å². The molecule has 0 amide bonds. The number of hydrogen-bond donors (Lipinski definition) is 1. The van der Waals surface area contributed by atoms with E-state index in [0.29, 0.717) is 6.73 Å². The van der Waals surface area contributed by atoms with Gasteiger partial charge in [-0.3, -0.25) is 0 Å². The number of aliphatic hydroxyl groups is 1. The lowest BCUT2D eigenvalue weighted by molar-refractivity contribution is 0.0809. The van der Waals surface area contributed by atoms with E-state index in [4.69, 9.17) is 4.74 Å². The summed E-state index contributed by atoms with van der Waals surface area (Å²) in [6.07, 6.45) is 12.9. The minimum absolute atomic E-state index is 0.461. The van der Waals surface area contributed by atoms with Gasteiger partial charge in [0.2, 0.25) is 0 Å². The zero-order chi connectivity index (χ0) is 21.2. The SMILES string of the molecule is Cn1cc(-c2cnn(COCCS(C)(C)C)c2)c2cc(C#CC(C)(C)O)ccc21. The first kappa shape index (κ1) is 21.5. The van der Waals surface area contributed by atoms with Gasteiger partial charge >= 0.3 is 0 Å². The van der Waals surface area contributed by atoms with Crippen LogP contribution < -0.4 is 0 Å². The molecular weight excluding hydrogens is 382 g/mol. The Morgan fingerprint density at radius 2 is 1.97 bits per heavy atom. The van der Waals surface area contributed by atoms with Gasteiger partial charge < -0.3 is 14.4 Å². The summed E-state index contributed by atoms with van der Waals surface area (Å²) in [6, 6.07) is 6.12. The molecule has 6 heteroatoms. The Bertz CT molecular complexity index is 1060. The maximum Gasteiger partial charge on any atom is 0.139 e. The zero-order valence-electron chi connectivity index (χ0n) is 18.2. The highest BCUT2D eigenvalue weighted by atomic mass is 32.3. The number of fused-ring (bicyclic) bond motifs is 1. The highest BCUT2D eigenvalue weighted by Crippen LogP contribution is 2.33. The van der Waals surface area contributed by atoms with Crippen LogP contribution >= 0.6 is 10.0 Å². The van der Waals surface area contributed by atoms with Gasteiger partial charge in [-0.15, -0.1) is 0 Å². The minimum Gasteiger partial charge on any atom is -0.378 e. The molecule has 1 N–H and O–H groups in total. The Labute approximate surface area is 175 Å². The third-order valence-corrected chi connectivity index (χ3v) is 5.90. The molecule has 156 valence electrons. The van der Waals surface area contributed by atoms with E-state index >= 15 is 0 Å². The van der Waals surface area contributed by atoms with E-state index in [-0.39, 0.29) is 0 Å². The highest BCUT2D eigenvalue weighted by molar-refractivity contribution is 8.32. The first-order valence-corrected chi connectivity index (χ1v) is 12.7. The van der Waals surface area contributed by atoms with E-state index in [1.807, 2.05) is 30.2 Å². The van der Waals surface area contributed by atoms with Crippen molar-refractivity contribution in [3.8, 4) is 23.0 Å². The van der Waals surface area contributed by atoms with Gasteiger partial charge in [0.15, 0.2) is 0 Å². The van der Waals surface area contributed by atoms with Crippen LogP contribution in [0, 0.1) is 11.8 Å². The molecule has 3 rings (SSSR count). The van der Waals surface area contributed by atoms with Crippen LogP contribution in [0.1, 0.15) is 19.4 Å². The van der Waals surface area contributed by atoms with E-state index in [2.05, 4.69) is 58.6 Å². The second-order valence-corrected chi connectivity index (χ2v) is 13.4. The molecule has 2 aromatic heterocycles. The molecule has 0 saturated carbocycles. The Kier molecular flexibility index (Phi) is 6.13. The normalized spacial score (nSPS) is 12.8. The van der Waals surface area contributed by atoms with Crippen LogP contribution in [0.15, 0.2) is 36.8 Å². The summed E-state index contributed by atoms with van der Waals surface area (Å²) < 4.78 is 9.74. The average molecular weight is 414 g/mol. The molecule has 0 aliphatic rings. The molecule has 0 saturated heterocycles. The van der Waals surface area contributed by atoms with Crippen LogP contribution in [0.5, 0.6) is 0 Å². The van der Waals surface area contributed by atoms with Crippen molar-refractivity contribution in [1.82, 2.24) is 14.3 Å². The molecule has 5 nitrogen and oxygen atoms in total. The predicted octanol–water partition coefficient (Wildman–Crippen LogP) is 3.83. The molecule has 0 unspecified atom stereocenters. The van der Waals surface area contributed by atoms with Crippen molar-refractivity contribution in [2.75, 3.05) is 31.1 Å². The number of ether oxygens (including phenoxy) is 1. The van der Waals surface area contributed by atoms with Gasteiger partial charge in [0.25, 0.3) is 0 Å². The highest BCUT2D eigenvalue weighted by Gasteiger charge is 2.12. The summed E-state index contributed by atoms with van der Waals surface area (Å²) in [5, 5.41) is 15.4. The van der Waals surface area contributed by atoms with Crippen LogP contribution in [0.3, 0.4) is 0 Å². The molecule has 0 fully saturated rings. The monoisotopic (exact) mass is 413 g/mol. The van der Waals surface area contributed by atoms with Crippen LogP contribution in [-0.2, 0) is 18.5 Å². The maximum atomic E-state index is 9.87. The smallest absolute Gasteiger partial charge is 0.139 e. The minimum atomic E-state index is -1.01. The first-order valence-electron chi connectivity index (χ1n) is 9.63. The van der Waals surface area contributed by atoms with Crippen LogP contribution in [0.4, 0.5) is 0 Å². The second kappa shape index (κ2) is 8.27. The number of benzene rings is 1. The Hall–Kier alpha value is -2.20. The summed E-state index contributed by atoms with van der Waals surface area (Å²) >= 11 is 0. The Balaban J connectivity index is 1.82. The molecule has 0 aliphatic carbocycles. The maximum absolute atomic E-state index is 9.87. The summed E-state index contributed by atoms with van der Waals surface area (Å²) in [6.45, 7) is 4.59. The molecule has 1 aromatic carbocycles. The molecule has 2 heterocycles. The van der Waals surface area contributed by atoms with E-state index < -0.39 is 15.6 Å². The van der Waals surface area contributed by atoms with E-state index in [9.17, 15) is 5.11 Å². The van der Waals surface area contributed by atoms with Crippen molar-refractivity contribution < 1.29 is 9.84 Å². The quantitative estimate of drug-likeness (QED) is 0.494. The standard InChI is InChI=1S/C23H31N3O2S/c1-23(2,27)10-9-18-7-8-22-20(13-18)21(16-25(22)3)19-14-24-26(15-19)17-28-11-12-29(4,5)6/h7-8,13-16,27H,11-12,17H2,1-6H3. The number of nitrogens with zero attached hydrogens (tertiary/aromatic N) is 3. The third-order valence-electron chi connectivity index (χ3n) is 4.51. The lowest BCUT2D eigenvalue weighted by Gasteiger charge is -2.24. The summed E-state index contributed by atoms with van der Waals surface area (Å²) in [5.74, 6) is 7.04. The molecule has 0 aliphatic heterocycles. The van der Waals surface area contributed by atoms with Gasteiger partial charge in [-0.05, 0) is 50.8 Å². The summed E-state index contributed by atoms with van der Waals surface area (Å²) in [4.78, 5) is 0. The van der Waals surface area contributed by atoms with Gasteiger partial charge in [-0.25, -0.2) is 14.7 Å². The topological polar surface area (TPSA) is 52.2 Å². The second-order valence-electron chi connectivity index (χ2n) is 8.80. The molecule has 0 spiro atoms. The molecule has 0 atom stereocenters. The van der Waals surface area contributed by atoms with Crippen LogP contribution in [-0.4, -0.2) is 56.2 Å². The van der Waals surface area contributed by atoms with Crippen LogP contribution in [0.2, 0.25) is 0 Å². The third kappa shape index (κ3) is 5.89. The fourth-order valence-electron chi connectivity index (χ4n) is 2.97. The summed E-state index contributed by atoms with van der Waals surface area (Å²) in [7, 11) is 1.50. The number of aromatic nitrogens is 3. The first-order chi connectivity index (χ1) is 13.5. The molecular formula is C23H31N3O2S. The van der Waals surface area contributed by atoms with E-state index in [1.54, 1.807) is 13.8 Å². The van der Waals surface area contributed by atoms with Crippen molar-refractivity contribution in [2.24, 2.45) is 7.05 Å². The lowest BCUT2D eigenvalue weighted by atomic mass is 10.0. The van der Waals surface area contributed by atoms with Crippen LogP contribution in [0.25, 0.3) is 22.0 Å². The molecule has 0 bridgehead atoms. The van der Waals surface area contributed by atoms with Gasteiger partial charge in [0.05, 0.1) is 12.8 Å². The predicted molar refractivity (Wildman–Crippen MR) is 123 cm³/mol. The van der Waals surface area contributed by atoms with Crippen molar-refractivity contribution in [1.29, 1.82) is 0 Å². The van der Waals surface area contributed by atoms with Gasteiger partial charge in [-0.2, -0.15) is 5.10 Å². The van der Waals surface area contributed by atoms with Gasteiger partial charge in [0.1, 0.15) is 12.3 Å². The summed E-state index contributed by atoms with van der Waals surface area (Å²) in [5.41, 5.74) is 3.16. The molecule has 3 aromatic rings. The van der Waals surface area contributed by atoms with Crippen molar-refractivity contribution in [3.05, 3.63) is 42.4 Å². The van der Waals surface area contributed by atoms with Gasteiger partial charge in [0, 0.05) is 52.8 Å². The average Bonchev–Trinajstić information content (AvgIpc) is 3.20. The van der Waals surface area contributed by atoms with E-state index in [0.717, 1.165) is 40.0 Å². The number of aryl methyl sites for hydroxylation is 1. The van der Waals surface area contributed by atoms with Crippen molar-refractivity contribution >= 4 is 20.9 Å². The number of hydrogen-bond acceptors (Lipinski definition) is 3. The fraction of sp³-hybridized carbons (Fsp3) is 0.435. The molecule has 0 radical (unpaired) electrons. The number of rotatable bonds is 6. The lowest BCUT2D eigenvalue weighted by Crippen LogP contribution is -2.14. The Morgan fingerprint density at radius 1 is 1.21 bits per heavy atom. The zero-order valence-corrected chi connectivity index (χ0v) is 19.0. The van der Waals surface area contributed by atoms with Crippen molar-refractivity contribution in [2.45, 2.75) is 26.2 Å². The van der Waals surface area contributed by atoms with Crippen molar-refractivity contribution in [3.63, 3.8) is 0 Å². The largest absolute Gasteiger partial charge is 0.378 e. The van der Waals surface area contributed by atoms with Gasteiger partial charge in [-0.1, -0.05) is 11.8 Å². The molecule has 29 heavy (non-hydrogen) atoms. The fourth-order valence-corrected chi connectivity index (χ4v) is 3.58.